The van der Waals surface area contributed by atoms with Gasteiger partial charge in [-0.25, -0.2) is 9.86 Å². The molecule has 0 radical (unpaired) electrons. The van der Waals surface area contributed by atoms with Crippen LogP contribution in [0.1, 0.15) is 30.6 Å². The Morgan fingerprint density at radius 1 is 1.14 bits per heavy atom. The number of carbonyl (C=O) groups excluding carboxylic acids is 2. The van der Waals surface area contributed by atoms with E-state index in [2.05, 4.69) is 13.0 Å². The summed E-state index contributed by atoms with van der Waals surface area (Å²) in [6, 6.07) is 16.5. The summed E-state index contributed by atoms with van der Waals surface area (Å²) in [7, 11) is 1.47. The number of aryl methyl sites for hydroxylation is 1. The lowest BCUT2D eigenvalue weighted by atomic mass is 10.1. The molecule has 6 heteroatoms. The van der Waals surface area contributed by atoms with Crippen LogP contribution in [0.25, 0.3) is 16.7 Å². The molecule has 0 fully saturated rings. The maximum Gasteiger partial charge on any atom is 0.313 e. The molecule has 0 saturated heterocycles. The van der Waals surface area contributed by atoms with E-state index in [0.29, 0.717) is 5.75 Å². The molecule has 142 valence electrons. The molecule has 0 amide bonds. The van der Waals surface area contributed by atoms with Gasteiger partial charge in [0.15, 0.2) is 5.94 Å². The van der Waals surface area contributed by atoms with Crippen LogP contribution in [-0.4, -0.2) is 28.7 Å². The van der Waals surface area contributed by atoms with Crippen molar-refractivity contribution in [3.05, 3.63) is 65.9 Å². The summed E-state index contributed by atoms with van der Waals surface area (Å²) in [5.41, 5.74) is 2.89. The van der Waals surface area contributed by atoms with E-state index in [1.807, 2.05) is 30.2 Å². The number of hydrogen-bond acceptors (Lipinski definition) is 5. The van der Waals surface area contributed by atoms with E-state index in [9.17, 15) is 9.59 Å². The van der Waals surface area contributed by atoms with Crippen LogP contribution >= 0.6 is 0 Å². The highest BCUT2D eigenvalue weighted by Crippen LogP contribution is 2.41. The molecule has 2 heterocycles. The number of para-hydroxylation sites is 1. The molecule has 1 aromatic heterocycles. The first kappa shape index (κ1) is 18.0. The molecule has 28 heavy (non-hydrogen) atoms. The second kappa shape index (κ2) is 7.35. The van der Waals surface area contributed by atoms with Crippen LogP contribution in [0.2, 0.25) is 0 Å². The lowest BCUT2D eigenvalue weighted by Crippen LogP contribution is -2.25. The molecule has 2 aromatic carbocycles. The Balaban J connectivity index is 1.71. The summed E-state index contributed by atoms with van der Waals surface area (Å²) in [5.74, 6) is 2.26. The summed E-state index contributed by atoms with van der Waals surface area (Å²) in [5, 5.41) is 2.43. The monoisotopic (exact) mass is 376 g/mol. The maximum atomic E-state index is 12.5. The smallest absolute Gasteiger partial charge is 0.313 e. The Labute approximate surface area is 162 Å². The molecular formula is C22H20N2O4. The average molecular weight is 376 g/mol. The van der Waals surface area contributed by atoms with Gasteiger partial charge in [-0.15, -0.1) is 0 Å². The standard InChI is InChI=1S/C22H20N2O4/c1-3-15-9-10-18-16(11-15)12-19-20(24(27-2)21(14-25)23(18)19)13-22(26)28-17-7-5-4-6-8-17/h4-12,20H,3,13H2,1-2H3. The molecule has 1 aliphatic rings. The molecule has 6 nitrogen and oxygen atoms in total. The Bertz CT molecular complexity index is 1080. The van der Waals surface area contributed by atoms with E-state index in [1.165, 1.54) is 17.7 Å². The third-order valence-corrected chi connectivity index (χ3v) is 4.97. The number of aromatic nitrogens is 1. The predicted octanol–water partition coefficient (Wildman–Crippen LogP) is 3.75. The van der Waals surface area contributed by atoms with Gasteiger partial charge in [-0.3, -0.25) is 14.2 Å². The van der Waals surface area contributed by atoms with Crippen molar-refractivity contribution >= 4 is 28.6 Å². The van der Waals surface area contributed by atoms with Crippen molar-refractivity contribution in [2.45, 2.75) is 25.8 Å². The first-order chi connectivity index (χ1) is 13.7. The van der Waals surface area contributed by atoms with Crippen LogP contribution in [0.5, 0.6) is 5.75 Å². The van der Waals surface area contributed by atoms with Crippen LogP contribution in [0.15, 0.2) is 54.6 Å². The lowest BCUT2D eigenvalue weighted by molar-refractivity contribution is -0.143. The second-order valence-corrected chi connectivity index (χ2v) is 6.59. The highest BCUT2D eigenvalue weighted by molar-refractivity contribution is 5.91. The normalized spacial score (nSPS) is 15.6. The average Bonchev–Trinajstić information content (AvgIpc) is 3.22. The van der Waals surface area contributed by atoms with Gasteiger partial charge in [0.2, 0.25) is 5.82 Å². The minimum absolute atomic E-state index is 0.0326. The van der Waals surface area contributed by atoms with Crippen molar-refractivity contribution in [1.29, 1.82) is 0 Å². The fourth-order valence-corrected chi connectivity index (χ4v) is 3.67. The van der Waals surface area contributed by atoms with Crippen molar-refractivity contribution in [2.24, 2.45) is 0 Å². The molecular weight excluding hydrogens is 356 g/mol. The Morgan fingerprint density at radius 2 is 1.93 bits per heavy atom. The zero-order valence-electron chi connectivity index (χ0n) is 15.7. The predicted molar refractivity (Wildman–Crippen MR) is 105 cm³/mol. The van der Waals surface area contributed by atoms with E-state index in [-0.39, 0.29) is 12.2 Å². The minimum atomic E-state index is -0.477. The first-order valence-corrected chi connectivity index (χ1v) is 9.15. The molecule has 0 saturated carbocycles. The summed E-state index contributed by atoms with van der Waals surface area (Å²) in [6.07, 6.45) is 0.953. The van der Waals surface area contributed by atoms with E-state index in [4.69, 9.17) is 9.57 Å². The first-order valence-electron chi connectivity index (χ1n) is 9.15. The molecule has 0 N–H and O–H groups in total. The third kappa shape index (κ3) is 2.99. The third-order valence-electron chi connectivity index (χ3n) is 4.97. The van der Waals surface area contributed by atoms with Crippen molar-refractivity contribution in [3.8, 4) is 5.75 Å². The van der Waals surface area contributed by atoms with Crippen LogP contribution in [-0.2, 0) is 20.8 Å². The van der Waals surface area contributed by atoms with Gasteiger partial charge in [0, 0.05) is 5.39 Å². The summed E-state index contributed by atoms with van der Waals surface area (Å²) in [6.45, 7) is 2.09. The van der Waals surface area contributed by atoms with Crippen LogP contribution in [0, 0.1) is 0 Å². The van der Waals surface area contributed by atoms with Crippen LogP contribution < -0.4 is 4.74 Å². The maximum absolute atomic E-state index is 12.5. The van der Waals surface area contributed by atoms with Crippen molar-refractivity contribution < 1.29 is 19.2 Å². The van der Waals surface area contributed by atoms with Gasteiger partial charge in [-0.05, 0) is 42.3 Å². The number of nitrogens with zero attached hydrogens (tertiary/aromatic N) is 2. The number of fused-ring (bicyclic) bond motifs is 3. The SMILES string of the molecule is CCc1ccc2c(c1)cc1n2C(=C=O)N(OC)C1CC(=O)Oc1ccccc1. The lowest BCUT2D eigenvalue weighted by Gasteiger charge is -2.22. The topological polar surface area (TPSA) is 60.8 Å². The van der Waals surface area contributed by atoms with Crippen LogP contribution in [0.3, 0.4) is 0 Å². The molecule has 3 aromatic rings. The summed E-state index contributed by atoms with van der Waals surface area (Å²) < 4.78 is 7.22. The molecule has 0 bridgehead atoms. The van der Waals surface area contributed by atoms with Crippen molar-refractivity contribution in [1.82, 2.24) is 9.63 Å². The van der Waals surface area contributed by atoms with Gasteiger partial charge < -0.3 is 4.74 Å². The fraction of sp³-hybridized carbons (Fsp3) is 0.227. The van der Waals surface area contributed by atoms with Gasteiger partial charge in [-0.1, -0.05) is 31.2 Å². The van der Waals surface area contributed by atoms with Crippen molar-refractivity contribution in [2.75, 3.05) is 7.11 Å². The van der Waals surface area contributed by atoms with Gasteiger partial charge >= 0.3 is 5.97 Å². The Morgan fingerprint density at radius 3 is 2.61 bits per heavy atom. The van der Waals surface area contributed by atoms with E-state index >= 15 is 0 Å². The number of benzene rings is 2. The summed E-state index contributed by atoms with van der Waals surface area (Å²) >= 11 is 0. The van der Waals surface area contributed by atoms with Crippen molar-refractivity contribution in [3.63, 3.8) is 0 Å². The van der Waals surface area contributed by atoms with Gasteiger partial charge in [0.1, 0.15) is 11.8 Å². The zero-order valence-corrected chi connectivity index (χ0v) is 15.7. The highest BCUT2D eigenvalue weighted by atomic mass is 16.7. The molecule has 0 spiro atoms. The zero-order chi connectivity index (χ0) is 19.7. The largest absolute Gasteiger partial charge is 0.426 e. The second-order valence-electron chi connectivity index (χ2n) is 6.59. The van der Waals surface area contributed by atoms with E-state index < -0.39 is 12.0 Å². The number of carbonyl (C=O) groups is 1. The minimum Gasteiger partial charge on any atom is -0.426 e. The molecule has 0 aliphatic carbocycles. The van der Waals surface area contributed by atoms with Crippen LogP contribution in [0.4, 0.5) is 0 Å². The molecule has 1 atom stereocenters. The molecule has 1 aliphatic heterocycles. The van der Waals surface area contributed by atoms with E-state index in [0.717, 1.165) is 23.0 Å². The Hall–Kier alpha value is -3.34. The molecule has 4 rings (SSSR count). The summed E-state index contributed by atoms with van der Waals surface area (Å²) in [4.78, 5) is 29.7. The fourth-order valence-electron chi connectivity index (χ4n) is 3.67. The number of ether oxygens (including phenoxy) is 1. The number of hydrogen-bond donors (Lipinski definition) is 0. The van der Waals surface area contributed by atoms with Gasteiger partial charge in [0.05, 0.1) is 24.7 Å². The van der Waals surface area contributed by atoms with E-state index in [1.54, 1.807) is 28.8 Å². The Kier molecular flexibility index (Phi) is 4.74. The number of rotatable bonds is 5. The molecule has 1 unspecified atom stereocenters. The van der Waals surface area contributed by atoms with Gasteiger partial charge in [0.25, 0.3) is 0 Å². The number of hydroxylamine groups is 2. The quantitative estimate of drug-likeness (QED) is 0.386. The highest BCUT2D eigenvalue weighted by Gasteiger charge is 2.39. The van der Waals surface area contributed by atoms with Gasteiger partial charge in [-0.2, -0.15) is 0 Å². The number of esters is 1.